The number of nitrogens with one attached hydrogen (secondary N) is 1. The number of aromatic nitrogens is 1. The molecule has 1 aromatic heterocycles. The van der Waals surface area contributed by atoms with Gasteiger partial charge in [0.15, 0.2) is 5.78 Å². The third kappa shape index (κ3) is 4.61. The molecule has 2 heterocycles. The molecule has 6 nitrogen and oxygen atoms in total. The van der Waals surface area contributed by atoms with E-state index in [9.17, 15) is 18.8 Å². The van der Waals surface area contributed by atoms with E-state index in [-0.39, 0.29) is 30.0 Å². The van der Waals surface area contributed by atoms with Crippen LogP contribution in [0.3, 0.4) is 0 Å². The molecule has 0 aliphatic carbocycles. The fraction of sp³-hybridized carbons (Fsp3) is 0.435. The summed E-state index contributed by atoms with van der Waals surface area (Å²) in [4.78, 5) is 38.6. The van der Waals surface area contributed by atoms with E-state index < -0.39 is 12.1 Å². The number of halogens is 1. The van der Waals surface area contributed by atoms with Crippen molar-refractivity contribution in [2.75, 3.05) is 6.54 Å². The molecule has 3 amide bonds. The van der Waals surface area contributed by atoms with Gasteiger partial charge in [-0.25, -0.2) is 9.18 Å². The van der Waals surface area contributed by atoms with Crippen molar-refractivity contribution in [3.63, 3.8) is 0 Å². The van der Waals surface area contributed by atoms with Gasteiger partial charge in [0.2, 0.25) is 0 Å². The number of urea groups is 1. The van der Waals surface area contributed by atoms with E-state index in [4.69, 9.17) is 0 Å². The van der Waals surface area contributed by atoms with Crippen molar-refractivity contribution >= 4 is 17.7 Å². The minimum atomic E-state index is -0.562. The van der Waals surface area contributed by atoms with Crippen LogP contribution in [0.1, 0.15) is 47.6 Å². The van der Waals surface area contributed by atoms with Gasteiger partial charge >= 0.3 is 6.03 Å². The van der Waals surface area contributed by atoms with Gasteiger partial charge in [-0.3, -0.25) is 14.5 Å². The Morgan fingerprint density at radius 2 is 1.83 bits per heavy atom. The number of rotatable bonds is 8. The molecule has 1 atom stereocenters. The third-order valence-corrected chi connectivity index (χ3v) is 5.53. The Hall–Kier alpha value is -2.96. The van der Waals surface area contributed by atoms with Crippen molar-refractivity contribution in [2.45, 2.75) is 53.1 Å². The normalized spacial score (nSPS) is 16.5. The van der Waals surface area contributed by atoms with Crippen LogP contribution in [0.15, 0.2) is 30.3 Å². The maximum Gasteiger partial charge on any atom is 0.325 e. The van der Waals surface area contributed by atoms with E-state index in [1.54, 1.807) is 18.2 Å². The number of aryl methyl sites for hydroxylation is 2. The van der Waals surface area contributed by atoms with Crippen LogP contribution in [0.5, 0.6) is 0 Å². The van der Waals surface area contributed by atoms with Crippen molar-refractivity contribution in [1.29, 1.82) is 0 Å². The minimum absolute atomic E-state index is 0.259. The first-order valence-electron chi connectivity index (χ1n) is 10.2. The highest BCUT2D eigenvalue weighted by Crippen LogP contribution is 2.19. The monoisotopic (exact) mass is 413 g/mol. The van der Waals surface area contributed by atoms with E-state index in [0.29, 0.717) is 24.9 Å². The lowest BCUT2D eigenvalue weighted by Gasteiger charge is -2.13. The summed E-state index contributed by atoms with van der Waals surface area (Å²) >= 11 is 0. The number of nitrogens with zero attached hydrogens (tertiary/aromatic N) is 2. The lowest BCUT2D eigenvalue weighted by Crippen LogP contribution is -2.36. The third-order valence-electron chi connectivity index (χ3n) is 5.53. The molecular formula is C23H28FN3O3. The average molecular weight is 413 g/mol. The molecule has 1 aliphatic rings. The van der Waals surface area contributed by atoms with Crippen LogP contribution in [0.2, 0.25) is 0 Å². The van der Waals surface area contributed by atoms with Crippen LogP contribution in [0, 0.1) is 25.6 Å². The van der Waals surface area contributed by atoms with Crippen molar-refractivity contribution in [3.05, 3.63) is 58.7 Å². The summed E-state index contributed by atoms with van der Waals surface area (Å²) in [5.74, 6) is -0.608. The molecule has 1 aliphatic heterocycles. The molecule has 0 saturated carbocycles. The van der Waals surface area contributed by atoms with E-state index >= 15 is 0 Å². The summed E-state index contributed by atoms with van der Waals surface area (Å²) in [5.41, 5.74) is 3.24. The zero-order valence-corrected chi connectivity index (χ0v) is 17.9. The number of imide groups is 1. The van der Waals surface area contributed by atoms with Crippen LogP contribution in [0.25, 0.3) is 0 Å². The summed E-state index contributed by atoms with van der Waals surface area (Å²) < 4.78 is 15.1. The average Bonchev–Trinajstić information content (AvgIpc) is 3.11. The Labute approximate surface area is 176 Å². The number of ketones is 1. The van der Waals surface area contributed by atoms with Gasteiger partial charge in [-0.15, -0.1) is 0 Å². The molecular weight excluding hydrogens is 385 g/mol. The molecule has 1 N–H and O–H groups in total. The second kappa shape index (κ2) is 8.81. The predicted molar refractivity (Wildman–Crippen MR) is 112 cm³/mol. The molecule has 1 fully saturated rings. The summed E-state index contributed by atoms with van der Waals surface area (Å²) in [7, 11) is 0. The van der Waals surface area contributed by atoms with Crippen molar-refractivity contribution in [1.82, 2.24) is 14.8 Å². The quantitative estimate of drug-likeness (QED) is 0.531. The van der Waals surface area contributed by atoms with E-state index in [1.165, 1.54) is 12.1 Å². The van der Waals surface area contributed by atoms with Gasteiger partial charge in [0.25, 0.3) is 5.91 Å². The van der Waals surface area contributed by atoms with Gasteiger partial charge in [0.1, 0.15) is 11.9 Å². The number of Topliss-reactive ketones (excluding diaryl/α,β-unsaturated/α-hetero) is 1. The van der Waals surface area contributed by atoms with Gasteiger partial charge < -0.3 is 9.88 Å². The first-order chi connectivity index (χ1) is 14.2. The first-order valence-corrected chi connectivity index (χ1v) is 10.2. The van der Waals surface area contributed by atoms with E-state index in [0.717, 1.165) is 21.9 Å². The van der Waals surface area contributed by atoms with Gasteiger partial charge in [-0.2, -0.15) is 0 Å². The largest absolute Gasteiger partial charge is 0.348 e. The number of carbonyl (C=O) groups excluding carboxylic acids is 3. The van der Waals surface area contributed by atoms with Gasteiger partial charge in [0.05, 0.1) is 6.54 Å². The Morgan fingerprint density at radius 3 is 2.47 bits per heavy atom. The zero-order chi connectivity index (χ0) is 22.0. The van der Waals surface area contributed by atoms with Crippen molar-refractivity contribution in [2.24, 2.45) is 5.92 Å². The summed E-state index contributed by atoms with van der Waals surface area (Å²) in [5, 5.41) is 2.67. The van der Waals surface area contributed by atoms with E-state index in [2.05, 4.69) is 5.32 Å². The molecule has 0 spiro atoms. The fourth-order valence-electron chi connectivity index (χ4n) is 3.91. The predicted octanol–water partition coefficient (Wildman–Crippen LogP) is 3.64. The molecule has 2 aromatic rings. The van der Waals surface area contributed by atoms with Crippen LogP contribution < -0.4 is 5.32 Å². The zero-order valence-electron chi connectivity index (χ0n) is 17.9. The van der Waals surface area contributed by atoms with Crippen molar-refractivity contribution in [3.8, 4) is 0 Å². The van der Waals surface area contributed by atoms with Crippen LogP contribution in [0.4, 0.5) is 9.18 Å². The molecule has 1 aromatic carbocycles. The highest BCUT2D eigenvalue weighted by molar-refractivity contribution is 6.09. The molecule has 160 valence electrons. The highest BCUT2D eigenvalue weighted by Gasteiger charge is 2.39. The fourth-order valence-corrected chi connectivity index (χ4v) is 3.91. The number of benzene rings is 1. The summed E-state index contributed by atoms with van der Waals surface area (Å²) in [6, 6.07) is 7.10. The SMILES string of the molecule is Cc1cc(C(=O)CN2C(=O)N[C@H](CC(C)C)C2=O)c(C)n1CCc1ccc(F)cc1. The van der Waals surface area contributed by atoms with Gasteiger partial charge in [-0.05, 0) is 56.4 Å². The van der Waals surface area contributed by atoms with Gasteiger partial charge in [-0.1, -0.05) is 26.0 Å². The number of carbonyl (C=O) groups is 3. The van der Waals surface area contributed by atoms with Crippen molar-refractivity contribution < 1.29 is 18.8 Å². The smallest absolute Gasteiger partial charge is 0.325 e. The Bertz CT molecular complexity index is 963. The molecule has 0 bridgehead atoms. The van der Waals surface area contributed by atoms with E-state index in [1.807, 2.05) is 32.3 Å². The van der Waals surface area contributed by atoms with Crippen LogP contribution in [-0.4, -0.2) is 39.8 Å². The standard InChI is InChI=1S/C23H28FN3O3/c1-14(2)11-20-22(29)27(23(30)25-20)13-21(28)19-12-15(3)26(16(19)4)10-9-17-5-7-18(24)8-6-17/h5-8,12,14,20H,9-11,13H2,1-4H3,(H,25,30)/t20-/m1/s1. The summed E-state index contributed by atoms with van der Waals surface area (Å²) in [6.07, 6.45) is 1.25. The maximum absolute atomic E-state index is 13.1. The molecule has 30 heavy (non-hydrogen) atoms. The molecule has 7 heteroatoms. The van der Waals surface area contributed by atoms with Gasteiger partial charge in [0, 0.05) is 23.5 Å². The second-order valence-electron chi connectivity index (χ2n) is 8.29. The number of hydrogen-bond acceptors (Lipinski definition) is 3. The number of hydrogen-bond donors (Lipinski definition) is 1. The maximum atomic E-state index is 13.1. The second-order valence-corrected chi connectivity index (χ2v) is 8.29. The molecule has 3 rings (SSSR count). The Morgan fingerprint density at radius 1 is 1.17 bits per heavy atom. The molecule has 0 radical (unpaired) electrons. The lowest BCUT2D eigenvalue weighted by atomic mass is 10.0. The Kier molecular flexibility index (Phi) is 6.39. The highest BCUT2D eigenvalue weighted by atomic mass is 19.1. The first kappa shape index (κ1) is 21.7. The Balaban J connectivity index is 1.69. The minimum Gasteiger partial charge on any atom is -0.348 e. The summed E-state index contributed by atoms with van der Waals surface area (Å²) in [6.45, 7) is 8.12. The lowest BCUT2D eigenvalue weighted by molar-refractivity contribution is -0.127. The topological polar surface area (TPSA) is 71.4 Å². The van der Waals surface area contributed by atoms with Crippen LogP contribution >= 0.6 is 0 Å². The van der Waals surface area contributed by atoms with Crippen LogP contribution in [-0.2, 0) is 17.8 Å². The molecule has 1 saturated heterocycles. The molecule has 0 unspecified atom stereocenters. The number of amides is 3.